The van der Waals surface area contributed by atoms with E-state index in [2.05, 4.69) is 20.6 Å². The van der Waals surface area contributed by atoms with Gasteiger partial charge in [-0.3, -0.25) is 14.5 Å². The number of morpholine rings is 1. The standard InChI is InChI=1S/C29H31ClFN5O5/c1-18-14-36(15-28(38)41-18)8-2-3-27(37)35-25-12-21-24(13-26(25)40-16-19-6-9-39-10-7-19)32-17-33-29(21)34-20-4-5-23(31)22(30)11-20/h2-5,11-13,17-19H,6-10,14-16H2,1H3,(H,35,37)(H,32,33,34). The first-order valence-corrected chi connectivity index (χ1v) is 13.8. The number of esters is 1. The van der Waals surface area contributed by atoms with Gasteiger partial charge in [0.2, 0.25) is 5.91 Å². The van der Waals surface area contributed by atoms with E-state index in [0.29, 0.717) is 72.7 Å². The Morgan fingerprint density at radius 1 is 1.24 bits per heavy atom. The summed E-state index contributed by atoms with van der Waals surface area (Å²) in [5.41, 5.74) is 1.59. The van der Waals surface area contributed by atoms with Gasteiger partial charge in [0.25, 0.3) is 0 Å². The summed E-state index contributed by atoms with van der Waals surface area (Å²) in [4.78, 5) is 35.3. The molecule has 5 rings (SSSR count). The van der Waals surface area contributed by atoms with Crippen LogP contribution in [0, 0.1) is 11.7 Å². The molecule has 1 unspecified atom stereocenters. The van der Waals surface area contributed by atoms with E-state index in [1.165, 1.54) is 24.5 Å². The van der Waals surface area contributed by atoms with E-state index in [4.69, 9.17) is 25.8 Å². The van der Waals surface area contributed by atoms with Gasteiger partial charge in [-0.2, -0.15) is 0 Å². The third-order valence-corrected chi connectivity index (χ3v) is 7.12. The number of hydrogen-bond donors (Lipinski definition) is 2. The zero-order valence-electron chi connectivity index (χ0n) is 22.6. The molecule has 1 amide bonds. The average Bonchev–Trinajstić information content (AvgIpc) is 2.94. The molecule has 2 aliphatic heterocycles. The molecule has 2 aromatic carbocycles. The van der Waals surface area contributed by atoms with Gasteiger partial charge in [-0.1, -0.05) is 17.7 Å². The van der Waals surface area contributed by atoms with Gasteiger partial charge in [0, 0.05) is 49.5 Å². The third-order valence-electron chi connectivity index (χ3n) is 6.83. The Morgan fingerprint density at radius 3 is 2.85 bits per heavy atom. The molecule has 216 valence electrons. The zero-order valence-corrected chi connectivity index (χ0v) is 23.3. The minimum atomic E-state index is -0.524. The van der Waals surface area contributed by atoms with Gasteiger partial charge in [0.1, 0.15) is 29.8 Å². The topological polar surface area (TPSA) is 115 Å². The Kier molecular flexibility index (Phi) is 9.28. The van der Waals surface area contributed by atoms with Crippen LogP contribution >= 0.6 is 11.6 Å². The number of anilines is 3. The molecule has 2 N–H and O–H groups in total. The number of ether oxygens (including phenoxy) is 3. The van der Waals surface area contributed by atoms with Crippen molar-refractivity contribution in [2.45, 2.75) is 25.9 Å². The van der Waals surface area contributed by atoms with E-state index >= 15 is 0 Å². The summed E-state index contributed by atoms with van der Waals surface area (Å²) in [5, 5.41) is 6.66. The van der Waals surface area contributed by atoms with Crippen molar-refractivity contribution in [2.75, 3.05) is 50.1 Å². The van der Waals surface area contributed by atoms with Gasteiger partial charge in [0.05, 0.1) is 29.4 Å². The van der Waals surface area contributed by atoms with Crippen LogP contribution in [0.4, 0.5) is 21.6 Å². The van der Waals surface area contributed by atoms with E-state index < -0.39 is 5.82 Å². The molecule has 2 aliphatic rings. The minimum absolute atomic E-state index is 0.0206. The van der Waals surface area contributed by atoms with E-state index in [0.717, 1.165) is 12.8 Å². The molecule has 2 saturated heterocycles. The minimum Gasteiger partial charge on any atom is -0.491 e. The number of rotatable bonds is 9. The van der Waals surface area contributed by atoms with Crippen LogP contribution in [0.1, 0.15) is 19.8 Å². The number of amides is 1. The van der Waals surface area contributed by atoms with Crippen molar-refractivity contribution in [3.05, 3.63) is 59.7 Å². The zero-order chi connectivity index (χ0) is 28.8. The molecule has 0 saturated carbocycles. The Balaban J connectivity index is 1.37. The van der Waals surface area contributed by atoms with Gasteiger partial charge in [-0.05, 0) is 49.9 Å². The normalized spacial score (nSPS) is 18.4. The van der Waals surface area contributed by atoms with E-state index in [-0.39, 0.29) is 29.5 Å². The summed E-state index contributed by atoms with van der Waals surface area (Å²) in [6.07, 6.45) is 6.16. The largest absolute Gasteiger partial charge is 0.491 e. The second kappa shape index (κ2) is 13.2. The molecule has 2 fully saturated rings. The maximum atomic E-state index is 13.7. The lowest BCUT2D eigenvalue weighted by molar-refractivity contribution is -0.156. The molecule has 41 heavy (non-hydrogen) atoms. The van der Waals surface area contributed by atoms with Crippen LogP contribution in [0.3, 0.4) is 0 Å². The highest BCUT2D eigenvalue weighted by molar-refractivity contribution is 6.31. The van der Waals surface area contributed by atoms with Crippen LogP contribution in [-0.4, -0.2) is 72.3 Å². The second-order valence-corrected chi connectivity index (χ2v) is 10.5. The van der Waals surface area contributed by atoms with Gasteiger partial charge in [-0.15, -0.1) is 0 Å². The van der Waals surface area contributed by atoms with Crippen molar-refractivity contribution in [3.8, 4) is 5.75 Å². The highest BCUT2D eigenvalue weighted by Gasteiger charge is 2.22. The maximum absolute atomic E-state index is 13.7. The van der Waals surface area contributed by atoms with Crippen LogP contribution in [-0.2, 0) is 19.1 Å². The highest BCUT2D eigenvalue weighted by atomic mass is 35.5. The second-order valence-electron chi connectivity index (χ2n) is 10.1. The molecule has 1 atom stereocenters. The molecular formula is C29H31ClFN5O5. The Bertz CT molecular complexity index is 1450. The number of hydrogen-bond acceptors (Lipinski definition) is 9. The molecule has 0 bridgehead atoms. The molecule has 0 spiro atoms. The van der Waals surface area contributed by atoms with Crippen molar-refractivity contribution in [1.82, 2.24) is 14.9 Å². The van der Waals surface area contributed by atoms with Crippen LogP contribution in [0.15, 0.2) is 48.8 Å². The molecule has 12 heteroatoms. The molecule has 0 aliphatic carbocycles. The first-order chi connectivity index (χ1) is 19.8. The fourth-order valence-corrected chi connectivity index (χ4v) is 4.94. The Hall–Kier alpha value is -3.80. The fourth-order valence-electron chi connectivity index (χ4n) is 4.76. The first kappa shape index (κ1) is 28.7. The summed E-state index contributed by atoms with van der Waals surface area (Å²) in [6.45, 7) is 4.91. The van der Waals surface area contributed by atoms with Crippen LogP contribution in [0.5, 0.6) is 5.75 Å². The number of aromatic nitrogens is 2. The summed E-state index contributed by atoms with van der Waals surface area (Å²) < 4.78 is 30.5. The summed E-state index contributed by atoms with van der Waals surface area (Å²) in [7, 11) is 0. The van der Waals surface area contributed by atoms with Crippen molar-refractivity contribution in [2.24, 2.45) is 5.92 Å². The number of nitrogens with zero attached hydrogens (tertiary/aromatic N) is 3. The third kappa shape index (κ3) is 7.69. The Labute approximate surface area is 241 Å². The van der Waals surface area contributed by atoms with E-state index in [1.54, 1.807) is 24.3 Å². The quantitative estimate of drug-likeness (QED) is 0.273. The number of carbonyl (C=O) groups is 2. The van der Waals surface area contributed by atoms with E-state index in [1.807, 2.05) is 11.8 Å². The molecule has 0 radical (unpaired) electrons. The summed E-state index contributed by atoms with van der Waals surface area (Å²) in [5.74, 6) is 0.109. The first-order valence-electron chi connectivity index (χ1n) is 13.4. The van der Waals surface area contributed by atoms with Crippen molar-refractivity contribution in [3.63, 3.8) is 0 Å². The number of fused-ring (bicyclic) bond motifs is 1. The molecule has 3 heterocycles. The number of halogens is 2. The molecule has 1 aromatic heterocycles. The molecule has 3 aromatic rings. The lowest BCUT2D eigenvalue weighted by atomic mass is 10.0. The average molecular weight is 584 g/mol. The lowest BCUT2D eigenvalue weighted by Crippen LogP contribution is -2.44. The van der Waals surface area contributed by atoms with Gasteiger partial charge in [-0.25, -0.2) is 14.4 Å². The SMILES string of the molecule is CC1CN(CC=CC(=O)Nc2cc3c(Nc4ccc(F)c(Cl)c4)ncnc3cc2OCC2CCOCC2)CC(=O)O1. The van der Waals surface area contributed by atoms with Crippen LogP contribution in [0.2, 0.25) is 5.02 Å². The number of benzene rings is 2. The Morgan fingerprint density at radius 2 is 2.07 bits per heavy atom. The van der Waals surface area contributed by atoms with Gasteiger partial charge in [0.15, 0.2) is 0 Å². The summed E-state index contributed by atoms with van der Waals surface area (Å²) in [6, 6.07) is 7.79. The molecular weight excluding hydrogens is 553 g/mol. The van der Waals surface area contributed by atoms with Gasteiger partial charge < -0.3 is 24.8 Å². The fraction of sp³-hybridized carbons (Fsp3) is 0.379. The smallest absolute Gasteiger partial charge is 0.320 e. The number of cyclic esters (lactones) is 1. The van der Waals surface area contributed by atoms with Gasteiger partial charge >= 0.3 is 5.97 Å². The monoisotopic (exact) mass is 583 g/mol. The van der Waals surface area contributed by atoms with E-state index in [9.17, 15) is 14.0 Å². The predicted molar refractivity (Wildman–Crippen MR) is 153 cm³/mol. The lowest BCUT2D eigenvalue weighted by Gasteiger charge is -2.29. The maximum Gasteiger partial charge on any atom is 0.320 e. The van der Waals surface area contributed by atoms with Crippen LogP contribution < -0.4 is 15.4 Å². The predicted octanol–water partition coefficient (Wildman–Crippen LogP) is 4.71. The highest BCUT2D eigenvalue weighted by Crippen LogP contribution is 2.34. The summed E-state index contributed by atoms with van der Waals surface area (Å²) >= 11 is 5.95. The van der Waals surface area contributed by atoms with Crippen molar-refractivity contribution in [1.29, 1.82) is 0 Å². The van der Waals surface area contributed by atoms with Crippen molar-refractivity contribution >= 4 is 51.6 Å². The number of carbonyl (C=O) groups excluding carboxylic acids is 2. The number of nitrogens with one attached hydrogen (secondary N) is 2. The van der Waals surface area contributed by atoms with Crippen LogP contribution in [0.25, 0.3) is 10.9 Å². The van der Waals surface area contributed by atoms with Crippen molar-refractivity contribution < 1.29 is 28.2 Å². The molecule has 10 nitrogen and oxygen atoms in total.